The molecule has 6 nitrogen and oxygen atoms in total. The SMILES string of the molecule is CC(O)(CNS(=O)(=O)c1cc(C(F)(F)F)cc(C(F)(F)F)c1)C(=O)O. The summed E-state index contributed by atoms with van der Waals surface area (Å²) in [4.78, 5) is 9.28. The third-order valence-electron chi connectivity index (χ3n) is 2.94. The molecule has 1 unspecified atom stereocenters. The fourth-order valence-corrected chi connectivity index (χ4v) is 2.68. The molecule has 25 heavy (non-hydrogen) atoms. The van der Waals surface area contributed by atoms with Crippen molar-refractivity contribution in [2.45, 2.75) is 29.8 Å². The van der Waals surface area contributed by atoms with Crippen molar-refractivity contribution in [3.8, 4) is 0 Å². The second kappa shape index (κ2) is 6.46. The van der Waals surface area contributed by atoms with Gasteiger partial charge in [0.2, 0.25) is 10.0 Å². The van der Waals surface area contributed by atoms with Crippen LogP contribution in [-0.4, -0.2) is 36.7 Å². The Morgan fingerprint density at radius 3 is 1.76 bits per heavy atom. The predicted octanol–water partition coefficient (Wildman–Crippen LogP) is 1.84. The summed E-state index contributed by atoms with van der Waals surface area (Å²) < 4.78 is 102. The standard InChI is InChI=1S/C12H11F6NO5S/c1-10(22,9(20)21)5-19-25(23,24)8-3-6(11(13,14)15)2-7(4-8)12(16,17)18/h2-4,19,22H,5H2,1H3,(H,20,21). The second-order valence-corrected chi connectivity index (χ2v) is 6.91. The van der Waals surface area contributed by atoms with E-state index in [9.17, 15) is 44.7 Å². The van der Waals surface area contributed by atoms with Gasteiger partial charge in [-0.05, 0) is 25.1 Å². The number of rotatable bonds is 5. The molecular weight excluding hydrogens is 384 g/mol. The molecule has 0 aliphatic heterocycles. The van der Waals surface area contributed by atoms with Crippen molar-refractivity contribution < 1.29 is 49.8 Å². The number of carboxylic acid groups (broad SMARTS) is 1. The molecule has 142 valence electrons. The first-order chi connectivity index (χ1) is 11.0. The molecule has 0 radical (unpaired) electrons. The molecule has 3 N–H and O–H groups in total. The van der Waals surface area contributed by atoms with E-state index in [0.29, 0.717) is 6.92 Å². The molecule has 0 aliphatic carbocycles. The van der Waals surface area contributed by atoms with Gasteiger partial charge in [0.05, 0.1) is 22.6 Å². The van der Waals surface area contributed by atoms with Gasteiger partial charge in [0, 0.05) is 0 Å². The van der Waals surface area contributed by atoms with Crippen LogP contribution in [0.25, 0.3) is 0 Å². The fourth-order valence-electron chi connectivity index (χ4n) is 1.48. The van der Waals surface area contributed by atoms with Crippen molar-refractivity contribution in [1.82, 2.24) is 4.72 Å². The minimum atomic E-state index is -5.25. The summed E-state index contributed by atoms with van der Waals surface area (Å²) in [5.41, 5.74) is -6.33. The minimum absolute atomic E-state index is 0.0347. The number of hydrogen-bond donors (Lipinski definition) is 3. The zero-order valence-electron chi connectivity index (χ0n) is 12.2. The molecular formula is C12H11F6NO5S. The van der Waals surface area contributed by atoms with Gasteiger partial charge >= 0.3 is 18.3 Å². The second-order valence-electron chi connectivity index (χ2n) is 5.15. The van der Waals surface area contributed by atoms with E-state index in [-0.39, 0.29) is 18.2 Å². The van der Waals surface area contributed by atoms with Gasteiger partial charge in [-0.2, -0.15) is 26.3 Å². The van der Waals surface area contributed by atoms with Crippen molar-refractivity contribution in [2.24, 2.45) is 0 Å². The molecule has 0 saturated carbocycles. The van der Waals surface area contributed by atoms with Gasteiger partial charge in [-0.3, -0.25) is 0 Å². The van der Waals surface area contributed by atoms with Gasteiger partial charge in [-0.15, -0.1) is 0 Å². The average Bonchev–Trinajstić information content (AvgIpc) is 2.43. The highest BCUT2D eigenvalue weighted by atomic mass is 32.2. The summed E-state index contributed by atoms with van der Waals surface area (Å²) >= 11 is 0. The van der Waals surface area contributed by atoms with Gasteiger partial charge < -0.3 is 10.2 Å². The van der Waals surface area contributed by atoms with Crippen LogP contribution in [0.15, 0.2) is 23.1 Å². The van der Waals surface area contributed by atoms with E-state index in [2.05, 4.69) is 0 Å². The number of nitrogens with one attached hydrogen (secondary N) is 1. The lowest BCUT2D eigenvalue weighted by Crippen LogP contribution is -2.46. The van der Waals surface area contributed by atoms with Crippen molar-refractivity contribution >= 4 is 16.0 Å². The highest BCUT2D eigenvalue weighted by Gasteiger charge is 2.39. The quantitative estimate of drug-likeness (QED) is 0.660. The maximum absolute atomic E-state index is 12.7. The van der Waals surface area contributed by atoms with Crippen molar-refractivity contribution in [3.63, 3.8) is 0 Å². The van der Waals surface area contributed by atoms with Gasteiger partial charge in [0.15, 0.2) is 5.60 Å². The van der Waals surface area contributed by atoms with E-state index in [0.717, 1.165) is 0 Å². The van der Waals surface area contributed by atoms with E-state index in [1.54, 1.807) is 0 Å². The first kappa shape index (κ1) is 21.2. The molecule has 1 rings (SSSR count). The van der Waals surface area contributed by atoms with Gasteiger partial charge in [-0.1, -0.05) is 0 Å². The lowest BCUT2D eigenvalue weighted by Gasteiger charge is -2.19. The average molecular weight is 395 g/mol. The van der Waals surface area contributed by atoms with E-state index in [1.807, 2.05) is 0 Å². The van der Waals surface area contributed by atoms with Crippen LogP contribution in [0.2, 0.25) is 0 Å². The molecule has 0 spiro atoms. The van der Waals surface area contributed by atoms with E-state index < -0.39 is 56.5 Å². The van der Waals surface area contributed by atoms with Crippen LogP contribution in [0.1, 0.15) is 18.1 Å². The van der Waals surface area contributed by atoms with E-state index >= 15 is 0 Å². The Hall–Kier alpha value is -1.86. The molecule has 0 heterocycles. The lowest BCUT2D eigenvalue weighted by molar-refractivity contribution is -0.155. The smallest absolute Gasteiger partial charge is 0.416 e. The monoisotopic (exact) mass is 395 g/mol. The summed E-state index contributed by atoms with van der Waals surface area (Å²) in [5.74, 6) is -1.85. The van der Waals surface area contributed by atoms with Crippen LogP contribution >= 0.6 is 0 Å². The molecule has 13 heteroatoms. The Morgan fingerprint density at radius 1 is 1.04 bits per heavy atom. The molecule has 0 fully saturated rings. The maximum Gasteiger partial charge on any atom is 0.416 e. The summed E-state index contributed by atoms with van der Waals surface area (Å²) in [5, 5.41) is 18.0. The molecule has 0 aromatic heterocycles. The molecule has 1 aromatic carbocycles. The van der Waals surface area contributed by atoms with Crippen molar-refractivity contribution in [3.05, 3.63) is 29.3 Å². The summed E-state index contributed by atoms with van der Waals surface area (Å²) in [6, 6.07) is -0.327. The van der Waals surface area contributed by atoms with Gasteiger partial charge in [-0.25, -0.2) is 17.9 Å². The number of sulfonamides is 1. The van der Waals surface area contributed by atoms with Crippen LogP contribution in [0.5, 0.6) is 0 Å². The third kappa shape index (κ3) is 5.31. The Morgan fingerprint density at radius 2 is 1.44 bits per heavy atom. The molecule has 1 aromatic rings. The summed E-state index contributed by atoms with van der Waals surface area (Å²) in [7, 11) is -4.97. The lowest BCUT2D eigenvalue weighted by atomic mass is 10.1. The molecule has 1 atom stereocenters. The van der Waals surface area contributed by atoms with Crippen LogP contribution < -0.4 is 4.72 Å². The Bertz CT molecular complexity index is 737. The zero-order valence-corrected chi connectivity index (χ0v) is 13.1. The van der Waals surface area contributed by atoms with Crippen LogP contribution in [0, 0.1) is 0 Å². The maximum atomic E-state index is 12.7. The zero-order chi connectivity index (χ0) is 19.8. The number of aliphatic hydroxyl groups is 1. The molecule has 0 aliphatic rings. The Kier molecular flexibility index (Phi) is 5.47. The van der Waals surface area contributed by atoms with Crippen LogP contribution in [-0.2, 0) is 27.2 Å². The number of hydrogen-bond acceptors (Lipinski definition) is 4. The number of aliphatic carboxylic acids is 1. The van der Waals surface area contributed by atoms with E-state index in [4.69, 9.17) is 5.11 Å². The first-order valence-electron chi connectivity index (χ1n) is 6.22. The van der Waals surface area contributed by atoms with Gasteiger partial charge in [0.25, 0.3) is 0 Å². The molecule has 0 bridgehead atoms. The summed E-state index contributed by atoms with van der Waals surface area (Å²) in [6.45, 7) is -0.493. The molecule has 0 amide bonds. The third-order valence-corrected chi connectivity index (χ3v) is 4.32. The number of halogens is 6. The number of carboxylic acids is 1. The highest BCUT2D eigenvalue weighted by molar-refractivity contribution is 7.89. The van der Waals surface area contributed by atoms with Crippen LogP contribution in [0.3, 0.4) is 0 Å². The van der Waals surface area contributed by atoms with Crippen LogP contribution in [0.4, 0.5) is 26.3 Å². The number of alkyl halides is 6. The highest BCUT2D eigenvalue weighted by Crippen LogP contribution is 2.37. The predicted molar refractivity (Wildman–Crippen MR) is 69.9 cm³/mol. The Balaban J connectivity index is 3.37. The van der Waals surface area contributed by atoms with Crippen molar-refractivity contribution in [2.75, 3.05) is 6.54 Å². The van der Waals surface area contributed by atoms with E-state index in [1.165, 1.54) is 4.72 Å². The topological polar surface area (TPSA) is 104 Å². The fraction of sp³-hybridized carbons (Fsp3) is 0.417. The number of benzene rings is 1. The Labute approximate surface area is 137 Å². The largest absolute Gasteiger partial charge is 0.479 e. The minimum Gasteiger partial charge on any atom is -0.479 e. The number of carbonyl (C=O) groups is 1. The molecule has 0 saturated heterocycles. The van der Waals surface area contributed by atoms with Gasteiger partial charge in [0.1, 0.15) is 0 Å². The first-order valence-corrected chi connectivity index (χ1v) is 7.70. The normalized spacial score (nSPS) is 15.7. The summed E-state index contributed by atoms with van der Waals surface area (Å²) in [6.07, 6.45) is -10.5. The van der Waals surface area contributed by atoms with Crippen molar-refractivity contribution in [1.29, 1.82) is 0 Å².